The van der Waals surface area contributed by atoms with Crippen LogP contribution in [0, 0.1) is 12.7 Å². The highest BCUT2D eigenvalue weighted by Crippen LogP contribution is 2.47. The lowest BCUT2D eigenvalue weighted by molar-refractivity contribution is -0.130. The van der Waals surface area contributed by atoms with Gasteiger partial charge in [-0.2, -0.15) is 10.1 Å². The molecule has 5 heterocycles. The first-order chi connectivity index (χ1) is 21.7. The molecule has 0 bridgehead atoms. The third kappa shape index (κ3) is 4.94. The number of aromatic nitrogens is 4. The molecular weight excluding hydrogens is 593 g/mol. The van der Waals surface area contributed by atoms with E-state index in [1.54, 1.807) is 22.6 Å². The summed E-state index contributed by atoms with van der Waals surface area (Å²) in [6.07, 6.45) is 2.93. The summed E-state index contributed by atoms with van der Waals surface area (Å²) in [5, 5.41) is 5.76. The second-order valence-corrected chi connectivity index (χ2v) is 13.5. The predicted octanol–water partition coefficient (Wildman–Crippen LogP) is 3.99. The Labute approximate surface area is 265 Å². The van der Waals surface area contributed by atoms with Crippen molar-refractivity contribution in [2.45, 2.75) is 43.8 Å². The Morgan fingerprint density at radius 2 is 1.89 bits per heavy atom. The highest BCUT2D eigenvalue weighted by atomic mass is 32.2. The molecule has 3 aliphatic heterocycles. The van der Waals surface area contributed by atoms with E-state index >= 15 is 0 Å². The van der Waals surface area contributed by atoms with Gasteiger partial charge < -0.3 is 14.5 Å². The number of hydrogen-bond acceptors (Lipinski definition) is 8. The third-order valence-electron chi connectivity index (χ3n) is 9.46. The molecule has 2 fully saturated rings. The van der Waals surface area contributed by atoms with E-state index in [9.17, 15) is 14.0 Å². The van der Waals surface area contributed by atoms with Crippen molar-refractivity contribution in [3.05, 3.63) is 58.9 Å². The normalized spacial score (nSPS) is 22.4. The van der Waals surface area contributed by atoms with Crippen molar-refractivity contribution in [1.29, 1.82) is 0 Å². The van der Waals surface area contributed by atoms with E-state index in [0.29, 0.717) is 43.3 Å². The Kier molecular flexibility index (Phi) is 7.69. The highest BCUT2D eigenvalue weighted by molar-refractivity contribution is 7.99. The molecule has 0 radical (unpaired) electrons. The molecule has 3 aliphatic rings. The topological polar surface area (TPSA) is 88.7 Å². The molecule has 2 aromatic heterocycles. The fourth-order valence-electron chi connectivity index (χ4n) is 7.51. The fraction of sp³-hybridized carbons (Fsp3) is 0.455. The molecule has 45 heavy (non-hydrogen) atoms. The SMILES string of the molecule is C=CC(=O)N1[C@H](C)CN(c2nc(=O)n3c4c(c(-c5ccc(F)c6cnn(C)c56)c(C)cc24)SCC3CN2CCOCC2)C[C@@H]1C. The van der Waals surface area contributed by atoms with Crippen molar-refractivity contribution < 1.29 is 13.9 Å². The zero-order valence-electron chi connectivity index (χ0n) is 26.1. The number of carbonyl (C=O) groups is 1. The summed E-state index contributed by atoms with van der Waals surface area (Å²) < 4.78 is 24.1. The van der Waals surface area contributed by atoms with Gasteiger partial charge in [-0.15, -0.1) is 11.8 Å². The van der Waals surface area contributed by atoms with E-state index in [1.165, 1.54) is 12.1 Å². The predicted molar refractivity (Wildman–Crippen MR) is 176 cm³/mol. The van der Waals surface area contributed by atoms with Crippen LogP contribution in [0.2, 0.25) is 0 Å². The Bertz CT molecular complexity index is 1890. The van der Waals surface area contributed by atoms with Crippen LogP contribution in [0.25, 0.3) is 32.9 Å². The quantitative estimate of drug-likeness (QED) is 0.306. The number of amides is 1. The van der Waals surface area contributed by atoms with Crippen LogP contribution in [-0.2, 0) is 16.6 Å². The number of carbonyl (C=O) groups excluding carboxylic acids is 1. The second-order valence-electron chi connectivity index (χ2n) is 12.4. The van der Waals surface area contributed by atoms with Gasteiger partial charge in [-0.1, -0.05) is 6.58 Å². The molecule has 3 atom stereocenters. The summed E-state index contributed by atoms with van der Waals surface area (Å²) in [5.41, 5.74) is 4.20. The van der Waals surface area contributed by atoms with Crippen molar-refractivity contribution >= 4 is 45.3 Å². The minimum Gasteiger partial charge on any atom is -0.379 e. The molecule has 0 aliphatic carbocycles. The molecule has 7 rings (SSSR count). The van der Waals surface area contributed by atoms with Crippen molar-refractivity contribution in [1.82, 2.24) is 29.1 Å². The number of benzene rings is 2. The second kappa shape index (κ2) is 11.6. The van der Waals surface area contributed by atoms with Crippen molar-refractivity contribution in [2.24, 2.45) is 7.05 Å². The van der Waals surface area contributed by atoms with Crippen LogP contribution < -0.4 is 10.6 Å². The number of morpholine rings is 1. The summed E-state index contributed by atoms with van der Waals surface area (Å²) in [6, 6.07) is 5.21. The molecule has 1 amide bonds. The van der Waals surface area contributed by atoms with Crippen LogP contribution in [0.4, 0.5) is 10.2 Å². The lowest BCUT2D eigenvalue weighted by atomic mass is 9.95. The van der Waals surface area contributed by atoms with Crippen molar-refractivity contribution in [3.8, 4) is 11.1 Å². The number of fused-ring (bicyclic) bond motifs is 1. The van der Waals surface area contributed by atoms with Gasteiger partial charge in [0.1, 0.15) is 11.6 Å². The van der Waals surface area contributed by atoms with Gasteiger partial charge in [0.05, 0.1) is 41.9 Å². The molecule has 2 aromatic carbocycles. The molecular formula is C33H38FN7O3S. The number of hydrogen-bond donors (Lipinski definition) is 0. The van der Waals surface area contributed by atoms with Gasteiger partial charge in [0.2, 0.25) is 5.91 Å². The van der Waals surface area contributed by atoms with Gasteiger partial charge in [-0.25, -0.2) is 9.18 Å². The summed E-state index contributed by atoms with van der Waals surface area (Å²) in [7, 11) is 1.83. The first kappa shape index (κ1) is 29.9. The lowest BCUT2D eigenvalue weighted by Gasteiger charge is -2.45. The van der Waals surface area contributed by atoms with Gasteiger partial charge in [0, 0.05) is 79.0 Å². The first-order valence-electron chi connectivity index (χ1n) is 15.5. The van der Waals surface area contributed by atoms with Crippen LogP contribution in [0.1, 0.15) is 25.5 Å². The first-order valence-corrected chi connectivity index (χ1v) is 16.5. The number of nitrogens with zero attached hydrogens (tertiary/aromatic N) is 7. The van der Waals surface area contributed by atoms with Crippen molar-refractivity contribution in [2.75, 3.05) is 56.6 Å². The fourth-order valence-corrected chi connectivity index (χ4v) is 8.88. The van der Waals surface area contributed by atoms with Gasteiger partial charge >= 0.3 is 5.69 Å². The van der Waals surface area contributed by atoms with Crippen LogP contribution in [0.3, 0.4) is 0 Å². The van der Waals surface area contributed by atoms with Gasteiger partial charge in [0.15, 0.2) is 0 Å². The summed E-state index contributed by atoms with van der Waals surface area (Å²) in [5.74, 6) is 0.947. The summed E-state index contributed by atoms with van der Waals surface area (Å²) in [4.78, 5) is 39.0. The zero-order chi connectivity index (χ0) is 31.6. The Hall–Kier alpha value is -3.74. The molecule has 1 unspecified atom stereocenters. The van der Waals surface area contributed by atoms with Gasteiger partial charge in [-0.05, 0) is 50.6 Å². The number of aryl methyl sites for hydroxylation is 2. The monoisotopic (exact) mass is 631 g/mol. The van der Waals surface area contributed by atoms with Crippen LogP contribution in [0.5, 0.6) is 0 Å². The van der Waals surface area contributed by atoms with Crippen LogP contribution >= 0.6 is 11.8 Å². The molecule has 2 saturated heterocycles. The van der Waals surface area contributed by atoms with E-state index < -0.39 is 0 Å². The Morgan fingerprint density at radius 3 is 2.60 bits per heavy atom. The van der Waals surface area contributed by atoms with E-state index in [2.05, 4.69) is 34.5 Å². The summed E-state index contributed by atoms with van der Waals surface area (Å²) in [6.45, 7) is 14.6. The minimum atomic E-state index is -0.312. The summed E-state index contributed by atoms with van der Waals surface area (Å²) >= 11 is 1.76. The molecule has 0 spiro atoms. The maximum Gasteiger partial charge on any atom is 0.350 e. The van der Waals surface area contributed by atoms with Crippen molar-refractivity contribution in [3.63, 3.8) is 0 Å². The van der Waals surface area contributed by atoms with Gasteiger partial charge in [-0.3, -0.25) is 18.9 Å². The average Bonchev–Trinajstić information content (AvgIpc) is 3.42. The standard InChI is InChI=1S/C33H38FN7O3S/c1-6-27(42)40-20(3)15-39(16-21(40)4)32-24-13-19(2)28(23-7-8-26(34)25-14-35-37(5)29(23)25)31-30(24)41(33(43)36-32)22(18-45-31)17-38-9-11-44-12-10-38/h6-8,13-14,20-22H,1,9-12,15-18H2,2-5H3/t20-,21+,22?. The Balaban J connectivity index is 1.44. The lowest BCUT2D eigenvalue weighted by Crippen LogP contribution is -2.58. The van der Waals surface area contributed by atoms with E-state index in [0.717, 1.165) is 57.6 Å². The van der Waals surface area contributed by atoms with E-state index in [-0.39, 0.29) is 35.5 Å². The van der Waals surface area contributed by atoms with Crippen LogP contribution in [0.15, 0.2) is 46.7 Å². The molecule has 236 valence electrons. The molecule has 0 N–H and O–H groups in total. The largest absolute Gasteiger partial charge is 0.379 e. The number of piperazine rings is 1. The number of thioether (sulfide) groups is 1. The molecule has 4 aromatic rings. The zero-order valence-corrected chi connectivity index (χ0v) is 26.9. The minimum absolute atomic E-state index is 0.0717. The molecule has 12 heteroatoms. The number of ether oxygens (including phenoxy) is 1. The highest BCUT2D eigenvalue weighted by Gasteiger charge is 2.36. The van der Waals surface area contributed by atoms with E-state index in [4.69, 9.17) is 9.72 Å². The van der Waals surface area contributed by atoms with E-state index in [1.807, 2.05) is 36.4 Å². The number of rotatable bonds is 5. The Morgan fingerprint density at radius 1 is 1.16 bits per heavy atom. The molecule has 10 nitrogen and oxygen atoms in total. The van der Waals surface area contributed by atoms with Crippen LogP contribution in [-0.4, -0.2) is 98.8 Å². The number of anilines is 1. The average molecular weight is 632 g/mol. The smallest absolute Gasteiger partial charge is 0.350 e. The number of halogens is 1. The van der Waals surface area contributed by atoms with Gasteiger partial charge in [0.25, 0.3) is 0 Å². The maximum atomic E-state index is 14.9. The maximum absolute atomic E-state index is 14.9. The third-order valence-corrected chi connectivity index (χ3v) is 10.7. The molecule has 0 saturated carbocycles.